The number of aromatic nitrogens is 1. The van der Waals surface area contributed by atoms with Gasteiger partial charge >= 0.3 is 5.97 Å². The van der Waals surface area contributed by atoms with Gasteiger partial charge in [0.15, 0.2) is 6.61 Å². The number of esters is 1. The van der Waals surface area contributed by atoms with Crippen LogP contribution in [0.25, 0.3) is 0 Å². The van der Waals surface area contributed by atoms with Gasteiger partial charge in [-0.05, 0) is 19.1 Å². The minimum absolute atomic E-state index is 0.104. The molecule has 2 aromatic rings. The quantitative estimate of drug-likeness (QED) is 0.817. The Morgan fingerprint density at radius 2 is 2.19 bits per heavy atom. The van der Waals surface area contributed by atoms with E-state index in [0.29, 0.717) is 18.0 Å². The van der Waals surface area contributed by atoms with Gasteiger partial charge in [-0.3, -0.25) is 4.79 Å². The monoisotopic (exact) mass is 290 g/mol. The number of amides is 1. The fraction of sp³-hybridized carbons (Fsp3) is 0.214. The van der Waals surface area contributed by atoms with E-state index >= 15 is 0 Å². The van der Waals surface area contributed by atoms with Crippen molar-refractivity contribution < 1.29 is 23.6 Å². The van der Waals surface area contributed by atoms with Crippen LogP contribution in [-0.4, -0.2) is 30.2 Å². The fourth-order valence-corrected chi connectivity index (χ4v) is 1.53. The maximum absolute atomic E-state index is 11.8. The molecular weight excluding hydrogens is 276 g/mol. The van der Waals surface area contributed by atoms with Crippen molar-refractivity contribution >= 4 is 17.6 Å². The number of benzene rings is 1. The predicted molar refractivity (Wildman–Crippen MR) is 73.0 cm³/mol. The Morgan fingerprint density at radius 3 is 2.90 bits per heavy atom. The van der Waals surface area contributed by atoms with Crippen LogP contribution in [-0.2, 0) is 9.53 Å². The van der Waals surface area contributed by atoms with Gasteiger partial charge in [0.1, 0.15) is 5.75 Å². The molecule has 1 N–H and O–H groups in total. The third-order valence-electron chi connectivity index (χ3n) is 2.42. The lowest BCUT2D eigenvalue weighted by molar-refractivity contribution is -0.145. The summed E-state index contributed by atoms with van der Waals surface area (Å²) in [4.78, 5) is 23.0. The van der Waals surface area contributed by atoms with E-state index in [1.165, 1.54) is 12.3 Å². The van der Waals surface area contributed by atoms with Crippen LogP contribution in [0.2, 0.25) is 0 Å². The first kappa shape index (κ1) is 14.6. The van der Waals surface area contributed by atoms with Gasteiger partial charge in [-0.15, -0.1) is 0 Å². The van der Waals surface area contributed by atoms with Crippen LogP contribution >= 0.6 is 0 Å². The summed E-state index contributed by atoms with van der Waals surface area (Å²) in [5, 5.41) is 6.09. The molecule has 0 fully saturated rings. The Kier molecular flexibility index (Phi) is 4.92. The predicted octanol–water partition coefficient (Wildman–Crippen LogP) is 1.87. The molecule has 21 heavy (non-hydrogen) atoms. The molecule has 7 nitrogen and oxygen atoms in total. The van der Waals surface area contributed by atoms with Gasteiger partial charge in [-0.2, -0.15) is 0 Å². The zero-order valence-corrected chi connectivity index (χ0v) is 11.4. The van der Waals surface area contributed by atoms with E-state index in [2.05, 4.69) is 10.5 Å². The molecule has 1 aromatic carbocycles. The maximum Gasteiger partial charge on any atom is 0.344 e. The highest BCUT2D eigenvalue weighted by Gasteiger charge is 2.10. The zero-order chi connectivity index (χ0) is 15.1. The van der Waals surface area contributed by atoms with Gasteiger partial charge < -0.3 is 19.3 Å². The maximum atomic E-state index is 11.8. The van der Waals surface area contributed by atoms with Crippen LogP contribution in [0.5, 0.6) is 5.75 Å². The van der Waals surface area contributed by atoms with Crippen molar-refractivity contribution in [2.75, 3.05) is 18.5 Å². The Morgan fingerprint density at radius 1 is 1.33 bits per heavy atom. The summed E-state index contributed by atoms with van der Waals surface area (Å²) in [6.45, 7) is 1.83. The van der Waals surface area contributed by atoms with Gasteiger partial charge in [-0.25, -0.2) is 4.79 Å². The second-order valence-corrected chi connectivity index (χ2v) is 3.95. The van der Waals surface area contributed by atoms with Gasteiger partial charge in [-0.1, -0.05) is 11.2 Å². The van der Waals surface area contributed by atoms with Crippen molar-refractivity contribution in [2.24, 2.45) is 0 Å². The Labute approximate surface area is 120 Å². The van der Waals surface area contributed by atoms with E-state index in [1.54, 1.807) is 31.2 Å². The fourth-order valence-electron chi connectivity index (χ4n) is 1.53. The number of rotatable bonds is 6. The summed E-state index contributed by atoms with van der Waals surface area (Å²) >= 11 is 0. The van der Waals surface area contributed by atoms with Crippen LogP contribution in [0.4, 0.5) is 5.69 Å². The van der Waals surface area contributed by atoms with Crippen molar-refractivity contribution in [3.8, 4) is 5.75 Å². The molecule has 110 valence electrons. The first-order valence-electron chi connectivity index (χ1n) is 6.29. The third-order valence-corrected chi connectivity index (χ3v) is 2.42. The highest BCUT2D eigenvalue weighted by Crippen LogP contribution is 2.18. The number of nitrogens with zero attached hydrogens (tertiary/aromatic N) is 1. The minimum atomic E-state index is -0.450. The number of nitrogens with one attached hydrogen (secondary N) is 1. The average molecular weight is 290 g/mol. The molecule has 0 atom stereocenters. The Hall–Kier alpha value is -2.83. The third kappa shape index (κ3) is 4.34. The normalized spacial score (nSPS) is 9.95. The van der Waals surface area contributed by atoms with Crippen LogP contribution in [0.3, 0.4) is 0 Å². The molecule has 1 amide bonds. The Bertz CT molecular complexity index is 610. The lowest BCUT2D eigenvalue weighted by atomic mass is 10.3. The molecule has 0 aliphatic carbocycles. The SMILES string of the molecule is CCOC(=O)COc1cccc(NC(=O)c2ccno2)c1. The van der Waals surface area contributed by atoms with Crippen molar-refractivity contribution in [2.45, 2.75) is 6.92 Å². The summed E-state index contributed by atoms with van der Waals surface area (Å²) in [6.07, 6.45) is 1.38. The number of carbonyl (C=O) groups excluding carboxylic acids is 2. The Balaban J connectivity index is 1.94. The van der Waals surface area contributed by atoms with Crippen molar-refractivity contribution in [3.05, 3.63) is 42.3 Å². The minimum Gasteiger partial charge on any atom is -0.482 e. The summed E-state index contributed by atoms with van der Waals surface area (Å²) in [7, 11) is 0. The number of carbonyl (C=O) groups is 2. The number of hydrogen-bond acceptors (Lipinski definition) is 6. The van der Waals surface area contributed by atoms with Gasteiger partial charge in [0.05, 0.1) is 12.8 Å². The lowest BCUT2D eigenvalue weighted by Gasteiger charge is -2.08. The van der Waals surface area contributed by atoms with Gasteiger partial charge in [0, 0.05) is 17.8 Å². The summed E-state index contributed by atoms with van der Waals surface area (Å²) in [6, 6.07) is 8.09. The molecule has 0 saturated carbocycles. The van der Waals surface area contributed by atoms with Crippen molar-refractivity contribution in [1.82, 2.24) is 5.16 Å². The number of ether oxygens (including phenoxy) is 2. The molecule has 2 rings (SSSR count). The van der Waals surface area contributed by atoms with E-state index in [1.807, 2.05) is 0 Å². The zero-order valence-electron chi connectivity index (χ0n) is 11.4. The van der Waals surface area contributed by atoms with E-state index in [-0.39, 0.29) is 12.4 Å². The van der Waals surface area contributed by atoms with Gasteiger partial charge in [0.2, 0.25) is 5.76 Å². The molecule has 0 aliphatic rings. The molecule has 7 heteroatoms. The van der Waals surface area contributed by atoms with E-state index in [9.17, 15) is 9.59 Å². The van der Waals surface area contributed by atoms with E-state index < -0.39 is 11.9 Å². The largest absolute Gasteiger partial charge is 0.482 e. The molecular formula is C14H14N2O5. The van der Waals surface area contributed by atoms with Gasteiger partial charge in [0.25, 0.3) is 5.91 Å². The van der Waals surface area contributed by atoms with E-state index in [0.717, 1.165) is 0 Å². The first-order chi connectivity index (χ1) is 10.2. The highest BCUT2D eigenvalue weighted by molar-refractivity contribution is 6.02. The second kappa shape index (κ2) is 7.09. The molecule has 0 bridgehead atoms. The van der Waals surface area contributed by atoms with Crippen molar-refractivity contribution in [3.63, 3.8) is 0 Å². The van der Waals surface area contributed by atoms with Crippen molar-refractivity contribution in [1.29, 1.82) is 0 Å². The smallest absolute Gasteiger partial charge is 0.344 e. The topological polar surface area (TPSA) is 90.7 Å². The summed E-state index contributed by atoms with van der Waals surface area (Å²) in [5.41, 5.74) is 0.512. The number of anilines is 1. The molecule has 0 aliphatic heterocycles. The molecule has 1 heterocycles. The average Bonchev–Trinajstić information content (AvgIpc) is 3.00. The lowest BCUT2D eigenvalue weighted by Crippen LogP contribution is -2.15. The van der Waals surface area contributed by atoms with E-state index in [4.69, 9.17) is 14.0 Å². The van der Waals surface area contributed by atoms with Crippen LogP contribution in [0.15, 0.2) is 41.1 Å². The summed E-state index contributed by atoms with van der Waals surface area (Å²) in [5.74, 6) is -0.324. The highest BCUT2D eigenvalue weighted by atomic mass is 16.6. The van der Waals surface area contributed by atoms with Crippen LogP contribution in [0, 0.1) is 0 Å². The van der Waals surface area contributed by atoms with Crippen LogP contribution < -0.4 is 10.1 Å². The molecule has 1 aromatic heterocycles. The first-order valence-corrected chi connectivity index (χ1v) is 6.29. The molecule has 0 radical (unpaired) electrons. The molecule has 0 saturated heterocycles. The summed E-state index contributed by atoms with van der Waals surface area (Å²) < 4.78 is 14.8. The molecule has 0 unspecified atom stereocenters. The number of hydrogen-bond donors (Lipinski definition) is 1. The second-order valence-electron chi connectivity index (χ2n) is 3.95. The molecule has 0 spiro atoms. The standard InChI is InChI=1S/C14H14N2O5/c1-2-19-13(17)9-20-11-5-3-4-10(8-11)16-14(18)12-6-7-15-21-12/h3-8H,2,9H2,1H3,(H,16,18). The van der Waals surface area contributed by atoms with Crippen LogP contribution in [0.1, 0.15) is 17.5 Å².